The van der Waals surface area contributed by atoms with E-state index in [2.05, 4.69) is 25.8 Å². The van der Waals surface area contributed by atoms with Crippen LogP contribution >= 0.6 is 0 Å². The first-order valence-corrected chi connectivity index (χ1v) is 7.71. The molecule has 0 amide bonds. The molecule has 1 fully saturated rings. The highest BCUT2D eigenvalue weighted by molar-refractivity contribution is 5.78. The fourth-order valence-corrected chi connectivity index (χ4v) is 3.08. The second-order valence-corrected chi connectivity index (χ2v) is 5.57. The summed E-state index contributed by atoms with van der Waals surface area (Å²) >= 11 is 0. The normalized spacial score (nSPS) is 16.0. The van der Waals surface area contributed by atoms with E-state index in [1.165, 1.54) is 32.4 Å². The predicted molar refractivity (Wildman–Crippen MR) is 83.9 cm³/mol. The molecule has 0 saturated carbocycles. The Morgan fingerprint density at radius 1 is 1.14 bits per heavy atom. The van der Waals surface area contributed by atoms with Crippen LogP contribution in [0.25, 0.3) is 11.0 Å². The van der Waals surface area contributed by atoms with Crippen molar-refractivity contribution in [2.45, 2.75) is 32.2 Å². The Hall–Kier alpha value is -2.06. The topological polar surface area (TPSA) is 56.9 Å². The zero-order chi connectivity index (χ0) is 14.5. The van der Waals surface area contributed by atoms with Crippen molar-refractivity contribution in [2.24, 2.45) is 0 Å². The van der Waals surface area contributed by atoms with E-state index in [-0.39, 0.29) is 0 Å². The first-order chi connectivity index (χ1) is 10.4. The Morgan fingerprint density at radius 2 is 1.95 bits per heavy atom. The van der Waals surface area contributed by atoms with Gasteiger partial charge in [0.25, 0.3) is 0 Å². The van der Waals surface area contributed by atoms with Gasteiger partial charge in [-0.25, -0.2) is 4.98 Å². The maximum absolute atomic E-state index is 8.88. The van der Waals surface area contributed by atoms with E-state index < -0.39 is 0 Å². The number of likely N-dealkylation sites (tertiary alicyclic amines) is 1. The predicted octanol–water partition coefficient (Wildman–Crippen LogP) is 2.81. The van der Waals surface area contributed by atoms with Crippen LogP contribution in [0.15, 0.2) is 24.3 Å². The number of aromatic nitrogens is 2. The molecule has 1 aromatic heterocycles. The summed E-state index contributed by atoms with van der Waals surface area (Å²) in [6.45, 7) is 4.47. The molecule has 2 aromatic rings. The number of nitrogens with zero attached hydrogens (tertiary/aromatic N) is 4. The molecule has 21 heavy (non-hydrogen) atoms. The molecule has 1 saturated heterocycles. The van der Waals surface area contributed by atoms with Gasteiger partial charge in [-0.15, -0.1) is 0 Å². The van der Waals surface area contributed by atoms with Gasteiger partial charge in [0.05, 0.1) is 11.0 Å². The van der Waals surface area contributed by atoms with Crippen LogP contribution < -0.4 is 5.32 Å². The number of nitrogens with one attached hydrogen (secondary N) is 1. The average Bonchev–Trinajstić information content (AvgIpc) is 2.87. The Balaban J connectivity index is 1.69. The van der Waals surface area contributed by atoms with Gasteiger partial charge in [0.2, 0.25) is 5.95 Å². The van der Waals surface area contributed by atoms with Gasteiger partial charge in [-0.2, -0.15) is 5.26 Å². The molecule has 5 heteroatoms. The monoisotopic (exact) mass is 283 g/mol. The standard InChI is InChI=1S/C16H21N5/c17-13-18-16-19-14-7-2-3-8-15(14)21(16)12-6-11-20-9-4-1-5-10-20/h2-3,7-8H,1,4-6,9-12H2,(H,18,19). The first-order valence-electron chi connectivity index (χ1n) is 7.71. The molecule has 110 valence electrons. The average molecular weight is 283 g/mol. The molecule has 1 aromatic carbocycles. The molecule has 1 N–H and O–H groups in total. The number of aryl methyl sites for hydroxylation is 1. The van der Waals surface area contributed by atoms with Gasteiger partial charge in [0.15, 0.2) is 6.19 Å². The van der Waals surface area contributed by atoms with E-state index in [1.54, 1.807) is 0 Å². The molecule has 0 atom stereocenters. The Kier molecular flexibility index (Phi) is 4.37. The minimum atomic E-state index is 0.650. The number of imidazole rings is 1. The smallest absolute Gasteiger partial charge is 0.217 e. The Bertz CT molecular complexity index is 634. The fourth-order valence-electron chi connectivity index (χ4n) is 3.08. The number of nitriles is 1. The van der Waals surface area contributed by atoms with Gasteiger partial charge < -0.3 is 9.47 Å². The van der Waals surface area contributed by atoms with Crippen molar-refractivity contribution in [2.75, 3.05) is 25.0 Å². The number of fused-ring (bicyclic) bond motifs is 1. The zero-order valence-electron chi connectivity index (χ0n) is 12.3. The van der Waals surface area contributed by atoms with Crippen LogP contribution in [0.4, 0.5) is 5.95 Å². The molecular weight excluding hydrogens is 262 g/mol. The minimum Gasteiger partial charge on any atom is -0.309 e. The van der Waals surface area contributed by atoms with Crippen LogP contribution in [0.1, 0.15) is 25.7 Å². The van der Waals surface area contributed by atoms with E-state index in [9.17, 15) is 0 Å². The van der Waals surface area contributed by atoms with Crippen LogP contribution in [0, 0.1) is 11.5 Å². The molecule has 1 aliphatic heterocycles. The van der Waals surface area contributed by atoms with Crippen LogP contribution in [-0.2, 0) is 6.54 Å². The van der Waals surface area contributed by atoms with Crippen molar-refractivity contribution < 1.29 is 0 Å². The Morgan fingerprint density at radius 3 is 2.76 bits per heavy atom. The van der Waals surface area contributed by atoms with Gasteiger partial charge in [0.1, 0.15) is 0 Å². The number of rotatable bonds is 5. The van der Waals surface area contributed by atoms with Gasteiger partial charge in [-0.3, -0.25) is 5.32 Å². The number of para-hydroxylation sites is 2. The fraction of sp³-hybridized carbons (Fsp3) is 0.500. The molecular formula is C16H21N5. The van der Waals surface area contributed by atoms with Gasteiger partial charge in [0, 0.05) is 6.54 Å². The van der Waals surface area contributed by atoms with Crippen LogP contribution in [0.5, 0.6) is 0 Å². The lowest BCUT2D eigenvalue weighted by Gasteiger charge is -2.26. The van der Waals surface area contributed by atoms with Gasteiger partial charge >= 0.3 is 0 Å². The summed E-state index contributed by atoms with van der Waals surface area (Å²) in [5.41, 5.74) is 2.03. The summed E-state index contributed by atoms with van der Waals surface area (Å²) < 4.78 is 2.11. The van der Waals surface area contributed by atoms with E-state index in [1.807, 2.05) is 24.4 Å². The highest BCUT2D eigenvalue weighted by Gasteiger charge is 2.12. The molecule has 2 heterocycles. The number of hydrogen-bond acceptors (Lipinski definition) is 4. The Labute approximate surface area is 125 Å². The molecule has 0 bridgehead atoms. The number of benzene rings is 1. The highest BCUT2D eigenvalue weighted by atomic mass is 15.2. The van der Waals surface area contributed by atoms with Crippen molar-refractivity contribution in [1.29, 1.82) is 5.26 Å². The van der Waals surface area contributed by atoms with E-state index in [0.29, 0.717) is 5.95 Å². The third kappa shape index (κ3) is 3.17. The third-order valence-electron chi connectivity index (χ3n) is 4.13. The molecule has 5 nitrogen and oxygen atoms in total. The molecule has 0 aliphatic carbocycles. The maximum Gasteiger partial charge on any atom is 0.217 e. The van der Waals surface area contributed by atoms with E-state index in [4.69, 9.17) is 5.26 Å². The minimum absolute atomic E-state index is 0.650. The third-order valence-corrected chi connectivity index (χ3v) is 4.13. The molecule has 3 rings (SSSR count). The van der Waals surface area contributed by atoms with Crippen molar-refractivity contribution in [3.63, 3.8) is 0 Å². The molecule has 1 aliphatic rings. The molecule has 0 unspecified atom stereocenters. The second kappa shape index (κ2) is 6.59. The maximum atomic E-state index is 8.88. The van der Waals surface area contributed by atoms with Gasteiger partial charge in [-0.05, 0) is 51.0 Å². The van der Waals surface area contributed by atoms with Crippen molar-refractivity contribution in [3.05, 3.63) is 24.3 Å². The first kappa shape index (κ1) is 13.9. The van der Waals surface area contributed by atoms with Crippen LogP contribution in [0.3, 0.4) is 0 Å². The number of hydrogen-bond donors (Lipinski definition) is 1. The number of anilines is 1. The summed E-state index contributed by atoms with van der Waals surface area (Å²) in [7, 11) is 0. The van der Waals surface area contributed by atoms with Crippen LogP contribution in [0.2, 0.25) is 0 Å². The number of piperidine rings is 1. The van der Waals surface area contributed by atoms with Gasteiger partial charge in [-0.1, -0.05) is 18.6 Å². The summed E-state index contributed by atoms with van der Waals surface area (Å²) in [4.78, 5) is 7.03. The summed E-state index contributed by atoms with van der Waals surface area (Å²) in [6.07, 6.45) is 7.10. The van der Waals surface area contributed by atoms with Crippen molar-refractivity contribution in [3.8, 4) is 6.19 Å². The highest BCUT2D eigenvalue weighted by Crippen LogP contribution is 2.20. The molecule has 0 spiro atoms. The SMILES string of the molecule is N#CNc1nc2ccccc2n1CCCN1CCCCC1. The summed E-state index contributed by atoms with van der Waals surface area (Å²) in [5, 5.41) is 11.6. The quantitative estimate of drug-likeness (QED) is 0.677. The summed E-state index contributed by atoms with van der Waals surface area (Å²) in [5.74, 6) is 0.650. The lowest BCUT2D eigenvalue weighted by molar-refractivity contribution is 0.223. The lowest BCUT2D eigenvalue weighted by atomic mass is 10.1. The van der Waals surface area contributed by atoms with Crippen molar-refractivity contribution in [1.82, 2.24) is 14.5 Å². The second-order valence-electron chi connectivity index (χ2n) is 5.57. The van der Waals surface area contributed by atoms with E-state index >= 15 is 0 Å². The molecule has 0 radical (unpaired) electrons. The largest absolute Gasteiger partial charge is 0.309 e. The summed E-state index contributed by atoms with van der Waals surface area (Å²) in [6, 6.07) is 8.04. The van der Waals surface area contributed by atoms with Crippen LogP contribution in [-0.4, -0.2) is 34.1 Å². The lowest BCUT2D eigenvalue weighted by Crippen LogP contribution is -2.31. The van der Waals surface area contributed by atoms with E-state index in [0.717, 1.165) is 30.5 Å². The zero-order valence-corrected chi connectivity index (χ0v) is 12.3. The van der Waals surface area contributed by atoms with Crippen molar-refractivity contribution >= 4 is 17.0 Å².